The van der Waals surface area contributed by atoms with Crippen LogP contribution in [0, 0.1) is 38.7 Å². The van der Waals surface area contributed by atoms with Crippen molar-refractivity contribution in [1.82, 2.24) is 0 Å². The van der Waals surface area contributed by atoms with Gasteiger partial charge in [-0.1, -0.05) is 25.5 Å². The highest BCUT2D eigenvalue weighted by molar-refractivity contribution is 6.01. The minimum atomic E-state index is -1.57. The second-order valence-corrected chi connectivity index (χ2v) is 10.8. The molecule has 0 radical (unpaired) electrons. The molecule has 6 unspecified atom stereocenters. The van der Waals surface area contributed by atoms with Crippen LogP contribution in [0.2, 0.25) is 0 Å². The minimum Gasteiger partial charge on any atom is -0.450 e. The molecule has 10 nitrogen and oxygen atoms in total. The van der Waals surface area contributed by atoms with Crippen LogP contribution in [0.4, 0.5) is 0 Å². The maximum atomic E-state index is 13.2. The topological polar surface area (TPSA) is 153 Å². The van der Waals surface area contributed by atoms with Crippen molar-refractivity contribution in [2.75, 3.05) is 13.2 Å². The van der Waals surface area contributed by atoms with Gasteiger partial charge in [-0.2, -0.15) is 0 Å². The number of allylic oxidation sites excluding steroid dienone is 4. The summed E-state index contributed by atoms with van der Waals surface area (Å²) < 4.78 is 5.85. The summed E-state index contributed by atoms with van der Waals surface area (Å²) in [7, 11) is 0. The molecule has 0 saturated heterocycles. The lowest BCUT2D eigenvalue weighted by Gasteiger charge is -2.59. The molecule has 7 atom stereocenters. The zero-order valence-electron chi connectivity index (χ0n) is 20.1. The number of rotatable bonds is 8. The number of carbonyl (C=O) groups is 3. The van der Waals surface area contributed by atoms with Crippen LogP contribution in [0.1, 0.15) is 58.8 Å². The van der Waals surface area contributed by atoms with Crippen molar-refractivity contribution in [3.05, 3.63) is 33.9 Å². The summed E-state index contributed by atoms with van der Waals surface area (Å²) in [5, 5.41) is 30.7. The van der Waals surface area contributed by atoms with E-state index in [1.807, 2.05) is 13.0 Å². The van der Waals surface area contributed by atoms with Gasteiger partial charge in [-0.25, -0.2) is 0 Å². The second-order valence-electron chi connectivity index (χ2n) is 10.8. The van der Waals surface area contributed by atoms with Crippen LogP contribution < -0.4 is 0 Å². The van der Waals surface area contributed by atoms with Gasteiger partial charge in [0.25, 0.3) is 5.09 Å². The van der Waals surface area contributed by atoms with Crippen molar-refractivity contribution in [2.45, 2.75) is 70.5 Å². The fourth-order valence-electron chi connectivity index (χ4n) is 7.72. The first-order chi connectivity index (χ1) is 16.5. The number of Topliss-reactive ketones (excluding diaryl/α,β-unsaturated/α-hetero) is 1. The summed E-state index contributed by atoms with van der Waals surface area (Å²) in [5.41, 5.74) is -1.90. The number of aliphatic hydroxyl groups is 2. The number of hydrogen-bond acceptors (Lipinski definition) is 9. The maximum Gasteiger partial charge on any atom is 0.306 e. The van der Waals surface area contributed by atoms with Crippen molar-refractivity contribution in [3.8, 4) is 0 Å². The van der Waals surface area contributed by atoms with Gasteiger partial charge in [0, 0.05) is 23.2 Å². The Kier molecular flexibility index (Phi) is 6.65. The number of ether oxygens (including phenoxy) is 1. The van der Waals surface area contributed by atoms with Crippen molar-refractivity contribution >= 4 is 17.5 Å². The normalized spacial score (nSPS) is 39.7. The molecule has 0 aromatic carbocycles. The Morgan fingerprint density at radius 2 is 2.03 bits per heavy atom. The van der Waals surface area contributed by atoms with E-state index >= 15 is 0 Å². The SMILES string of the molecule is CC12C=CC(=O)C=C1CCC1C2C(O)CC2(C)C1CC[C@]2(OC(=O)CCCO[N+](=O)[O-])C(=O)CO. The summed E-state index contributed by atoms with van der Waals surface area (Å²) in [6.45, 7) is 2.86. The third-order valence-corrected chi connectivity index (χ3v) is 9.22. The smallest absolute Gasteiger partial charge is 0.306 e. The molecule has 4 rings (SSSR count). The molecule has 2 N–H and O–H groups in total. The predicted molar refractivity (Wildman–Crippen MR) is 121 cm³/mol. The first-order valence-corrected chi connectivity index (χ1v) is 12.2. The summed E-state index contributed by atoms with van der Waals surface area (Å²) in [6.07, 6.45) is 6.74. The molecule has 0 heterocycles. The molecule has 4 aliphatic rings. The Labute approximate surface area is 203 Å². The quantitative estimate of drug-likeness (QED) is 0.225. The lowest BCUT2D eigenvalue weighted by molar-refractivity contribution is -0.757. The van der Waals surface area contributed by atoms with Crippen molar-refractivity contribution in [2.24, 2.45) is 28.6 Å². The summed E-state index contributed by atoms with van der Waals surface area (Å²) >= 11 is 0. The molecule has 3 saturated carbocycles. The molecule has 10 heteroatoms. The maximum absolute atomic E-state index is 13.2. The predicted octanol–water partition coefficient (Wildman–Crippen LogP) is 2.10. The largest absolute Gasteiger partial charge is 0.450 e. The van der Waals surface area contributed by atoms with Crippen LogP contribution in [0.3, 0.4) is 0 Å². The number of carbonyl (C=O) groups excluding carboxylic acids is 3. The summed E-state index contributed by atoms with van der Waals surface area (Å²) in [4.78, 5) is 52.4. The van der Waals surface area contributed by atoms with E-state index in [9.17, 15) is 34.7 Å². The van der Waals surface area contributed by atoms with Crippen molar-refractivity contribution < 1.29 is 39.3 Å². The fourth-order valence-corrected chi connectivity index (χ4v) is 7.72. The van der Waals surface area contributed by atoms with E-state index in [4.69, 9.17) is 4.74 Å². The number of hydrogen-bond donors (Lipinski definition) is 2. The van der Waals surface area contributed by atoms with Gasteiger partial charge < -0.3 is 19.8 Å². The first kappa shape index (κ1) is 25.5. The van der Waals surface area contributed by atoms with E-state index in [1.165, 1.54) is 0 Å². The lowest BCUT2D eigenvalue weighted by atomic mass is 9.46. The molecule has 4 aliphatic carbocycles. The average molecular weight is 492 g/mol. The fraction of sp³-hybridized carbons (Fsp3) is 0.720. The average Bonchev–Trinajstić information content (AvgIpc) is 3.08. The third kappa shape index (κ3) is 4.00. The van der Waals surface area contributed by atoms with Crippen LogP contribution in [0.15, 0.2) is 23.8 Å². The molecule has 0 aromatic rings. The zero-order valence-corrected chi connectivity index (χ0v) is 20.1. The monoisotopic (exact) mass is 491 g/mol. The summed E-state index contributed by atoms with van der Waals surface area (Å²) in [5.74, 6) is -1.44. The van der Waals surface area contributed by atoms with Gasteiger partial charge in [0.05, 0.1) is 12.7 Å². The zero-order chi connectivity index (χ0) is 25.6. The number of fused-ring (bicyclic) bond motifs is 5. The molecular weight excluding hydrogens is 458 g/mol. The molecule has 0 amide bonds. The van der Waals surface area contributed by atoms with E-state index in [-0.39, 0.29) is 55.8 Å². The number of esters is 1. The van der Waals surface area contributed by atoms with Gasteiger partial charge >= 0.3 is 5.97 Å². The van der Waals surface area contributed by atoms with Crippen molar-refractivity contribution in [3.63, 3.8) is 0 Å². The van der Waals surface area contributed by atoms with Crippen LogP contribution in [-0.2, 0) is 24.0 Å². The second kappa shape index (κ2) is 9.13. The Morgan fingerprint density at radius 1 is 1.29 bits per heavy atom. The van der Waals surface area contributed by atoms with Crippen LogP contribution in [0.25, 0.3) is 0 Å². The highest BCUT2D eigenvalue weighted by Gasteiger charge is 2.70. The van der Waals surface area contributed by atoms with Gasteiger partial charge in [-0.05, 0) is 62.5 Å². The van der Waals surface area contributed by atoms with Gasteiger partial charge in [0.2, 0.25) is 5.78 Å². The van der Waals surface area contributed by atoms with Crippen molar-refractivity contribution in [1.29, 1.82) is 0 Å². The van der Waals surface area contributed by atoms with E-state index < -0.39 is 46.0 Å². The highest BCUT2D eigenvalue weighted by atomic mass is 16.9. The molecule has 0 bridgehead atoms. The molecule has 192 valence electrons. The molecular formula is C25H33NO9. The van der Waals surface area contributed by atoms with Gasteiger partial charge in [0.15, 0.2) is 11.4 Å². The number of ketones is 2. The molecule has 0 aromatic heterocycles. The molecule has 0 spiro atoms. The number of nitrogens with zero attached hydrogens (tertiary/aromatic N) is 1. The minimum absolute atomic E-state index is 0.0265. The van der Waals surface area contributed by atoms with E-state index in [0.717, 1.165) is 12.0 Å². The molecule has 3 fully saturated rings. The van der Waals surface area contributed by atoms with Gasteiger partial charge in [0.1, 0.15) is 6.61 Å². The van der Waals surface area contributed by atoms with E-state index in [1.54, 1.807) is 12.2 Å². The Morgan fingerprint density at radius 3 is 2.71 bits per heavy atom. The first-order valence-electron chi connectivity index (χ1n) is 12.2. The summed E-state index contributed by atoms with van der Waals surface area (Å²) in [6, 6.07) is 0. The highest BCUT2D eigenvalue weighted by Crippen LogP contribution is 2.67. The van der Waals surface area contributed by atoms with Crippen LogP contribution >= 0.6 is 0 Å². The third-order valence-electron chi connectivity index (χ3n) is 9.22. The molecule has 0 aliphatic heterocycles. The van der Waals surface area contributed by atoms with Crippen LogP contribution in [0.5, 0.6) is 0 Å². The van der Waals surface area contributed by atoms with Gasteiger partial charge in [-0.3, -0.25) is 14.4 Å². The standard InChI is InChI=1S/C25H33NO9/c1-23-9-7-16(28)12-15(23)5-6-17-18-8-10-25(20(30)14-27,24(18,2)13-19(29)22(17)23)35-21(31)4-3-11-34-26(32)33/h7,9,12,17-19,22,27,29H,3-6,8,10-11,13-14H2,1-2H3/t17?,18?,19?,22?,23?,24?,25-/m0/s1. The van der Waals surface area contributed by atoms with E-state index in [2.05, 4.69) is 11.8 Å². The lowest BCUT2D eigenvalue weighted by Crippen LogP contribution is -2.63. The van der Waals surface area contributed by atoms with Crippen LogP contribution in [-0.4, -0.2) is 57.8 Å². The van der Waals surface area contributed by atoms with Gasteiger partial charge in [-0.15, -0.1) is 10.1 Å². The van der Waals surface area contributed by atoms with E-state index in [0.29, 0.717) is 12.8 Å². The number of aliphatic hydroxyl groups excluding tert-OH is 2. The Hall–Kier alpha value is -2.59. The Bertz CT molecular complexity index is 989. The Balaban J connectivity index is 1.61. The molecule has 35 heavy (non-hydrogen) atoms.